The van der Waals surface area contributed by atoms with Crippen molar-refractivity contribution in [2.24, 2.45) is 5.92 Å². The predicted octanol–water partition coefficient (Wildman–Crippen LogP) is 3.72. The number of aryl methyl sites for hydroxylation is 1. The molecule has 0 saturated heterocycles. The van der Waals surface area contributed by atoms with E-state index in [4.69, 9.17) is 0 Å². The Kier molecular flexibility index (Phi) is 4.83. The second-order valence-electron chi connectivity index (χ2n) is 4.36. The van der Waals surface area contributed by atoms with E-state index in [9.17, 15) is 5.11 Å². The molecule has 1 nitrogen and oxygen atoms in total. The Bertz CT molecular complexity index is 293. The second kappa shape index (κ2) is 5.92. The highest BCUT2D eigenvalue weighted by Crippen LogP contribution is 2.23. The monoisotopic (exact) mass is 206 g/mol. The summed E-state index contributed by atoms with van der Waals surface area (Å²) >= 11 is 0. The van der Waals surface area contributed by atoms with Gasteiger partial charge in [0, 0.05) is 0 Å². The van der Waals surface area contributed by atoms with Crippen LogP contribution in [0.1, 0.15) is 50.8 Å². The zero-order valence-electron chi connectivity index (χ0n) is 10.0. The van der Waals surface area contributed by atoms with Crippen LogP contribution >= 0.6 is 0 Å². The van der Waals surface area contributed by atoms with Crippen LogP contribution in [-0.4, -0.2) is 5.11 Å². The molecule has 0 spiro atoms. The van der Waals surface area contributed by atoms with E-state index in [1.807, 2.05) is 12.1 Å². The average Bonchev–Trinajstić information content (AvgIpc) is 2.28. The Balaban J connectivity index is 2.68. The van der Waals surface area contributed by atoms with Gasteiger partial charge in [-0.15, -0.1) is 0 Å². The summed E-state index contributed by atoms with van der Waals surface area (Å²) in [5.41, 5.74) is 2.37. The number of aliphatic hydroxyl groups is 1. The quantitative estimate of drug-likeness (QED) is 0.778. The van der Waals surface area contributed by atoms with Gasteiger partial charge in [-0.1, -0.05) is 51.5 Å². The summed E-state index contributed by atoms with van der Waals surface area (Å²) < 4.78 is 0. The van der Waals surface area contributed by atoms with Crippen molar-refractivity contribution < 1.29 is 5.11 Å². The normalized spacial score (nSPS) is 14.9. The van der Waals surface area contributed by atoms with Gasteiger partial charge in [0.2, 0.25) is 0 Å². The molecule has 2 atom stereocenters. The van der Waals surface area contributed by atoms with Crippen molar-refractivity contribution in [1.29, 1.82) is 0 Å². The van der Waals surface area contributed by atoms with E-state index >= 15 is 0 Å². The molecule has 1 heteroatoms. The zero-order chi connectivity index (χ0) is 11.3. The standard InChI is InChI=1S/C14H22O/c1-4-11(3)9-14(15)13-8-6-7-12(5-2)10-13/h6-8,10-11,14-15H,4-5,9H2,1-3H3. The molecule has 0 fully saturated rings. The molecule has 0 heterocycles. The molecular formula is C14H22O. The summed E-state index contributed by atoms with van der Waals surface area (Å²) in [6.45, 7) is 6.49. The van der Waals surface area contributed by atoms with Crippen LogP contribution in [0.25, 0.3) is 0 Å². The molecule has 0 aliphatic heterocycles. The van der Waals surface area contributed by atoms with Crippen LogP contribution in [0.2, 0.25) is 0 Å². The lowest BCUT2D eigenvalue weighted by atomic mass is 9.95. The topological polar surface area (TPSA) is 20.2 Å². The van der Waals surface area contributed by atoms with E-state index in [1.165, 1.54) is 5.56 Å². The fraction of sp³-hybridized carbons (Fsp3) is 0.571. The van der Waals surface area contributed by atoms with Gasteiger partial charge in [0.25, 0.3) is 0 Å². The fourth-order valence-electron chi connectivity index (χ4n) is 1.70. The third-order valence-corrected chi connectivity index (χ3v) is 3.07. The Labute approximate surface area is 93.1 Å². The lowest BCUT2D eigenvalue weighted by molar-refractivity contribution is 0.146. The molecule has 1 aromatic carbocycles. The second-order valence-corrected chi connectivity index (χ2v) is 4.36. The number of hydrogen-bond acceptors (Lipinski definition) is 1. The number of benzene rings is 1. The van der Waals surface area contributed by atoms with E-state index in [0.717, 1.165) is 24.8 Å². The van der Waals surface area contributed by atoms with Crippen LogP contribution in [0.15, 0.2) is 24.3 Å². The summed E-state index contributed by atoms with van der Waals surface area (Å²) in [6.07, 6.45) is 2.73. The van der Waals surface area contributed by atoms with Crippen molar-refractivity contribution in [1.82, 2.24) is 0 Å². The van der Waals surface area contributed by atoms with E-state index in [0.29, 0.717) is 5.92 Å². The Morgan fingerprint density at radius 3 is 2.60 bits per heavy atom. The Morgan fingerprint density at radius 2 is 2.00 bits per heavy atom. The highest BCUT2D eigenvalue weighted by atomic mass is 16.3. The molecule has 0 amide bonds. The first-order chi connectivity index (χ1) is 7.17. The predicted molar refractivity (Wildman–Crippen MR) is 64.9 cm³/mol. The largest absolute Gasteiger partial charge is 0.388 e. The molecule has 15 heavy (non-hydrogen) atoms. The third kappa shape index (κ3) is 3.67. The first kappa shape index (κ1) is 12.3. The molecule has 1 aromatic rings. The minimum absolute atomic E-state index is 0.300. The van der Waals surface area contributed by atoms with Crippen molar-refractivity contribution in [2.45, 2.75) is 46.1 Å². The molecule has 1 rings (SSSR count). The Hall–Kier alpha value is -0.820. The van der Waals surface area contributed by atoms with Gasteiger partial charge in [0.05, 0.1) is 6.10 Å². The maximum atomic E-state index is 10.0. The van der Waals surface area contributed by atoms with E-state index < -0.39 is 0 Å². The lowest BCUT2D eigenvalue weighted by Gasteiger charge is -2.15. The van der Waals surface area contributed by atoms with Crippen LogP contribution in [0.5, 0.6) is 0 Å². The summed E-state index contributed by atoms with van der Waals surface area (Å²) in [7, 11) is 0. The SMILES string of the molecule is CCc1cccc(C(O)CC(C)CC)c1. The lowest BCUT2D eigenvalue weighted by Crippen LogP contribution is -2.04. The molecule has 2 unspecified atom stereocenters. The minimum Gasteiger partial charge on any atom is -0.388 e. The maximum absolute atomic E-state index is 10.0. The molecule has 84 valence electrons. The first-order valence-corrected chi connectivity index (χ1v) is 5.94. The summed E-state index contributed by atoms with van der Waals surface area (Å²) in [6, 6.07) is 8.28. The number of hydrogen-bond donors (Lipinski definition) is 1. The van der Waals surface area contributed by atoms with Crippen molar-refractivity contribution >= 4 is 0 Å². The van der Waals surface area contributed by atoms with Crippen LogP contribution in [0.3, 0.4) is 0 Å². The van der Waals surface area contributed by atoms with Gasteiger partial charge in [0.1, 0.15) is 0 Å². The van der Waals surface area contributed by atoms with Gasteiger partial charge in [0.15, 0.2) is 0 Å². The van der Waals surface area contributed by atoms with Crippen molar-refractivity contribution in [3.8, 4) is 0 Å². The first-order valence-electron chi connectivity index (χ1n) is 5.94. The van der Waals surface area contributed by atoms with Gasteiger partial charge in [-0.05, 0) is 29.9 Å². The van der Waals surface area contributed by atoms with Crippen molar-refractivity contribution in [2.75, 3.05) is 0 Å². The molecule has 0 saturated carbocycles. The van der Waals surface area contributed by atoms with Crippen LogP contribution < -0.4 is 0 Å². The maximum Gasteiger partial charge on any atom is 0.0792 e. The van der Waals surface area contributed by atoms with Crippen LogP contribution in [0, 0.1) is 5.92 Å². The van der Waals surface area contributed by atoms with Crippen molar-refractivity contribution in [3.63, 3.8) is 0 Å². The molecular weight excluding hydrogens is 184 g/mol. The fourth-order valence-corrected chi connectivity index (χ4v) is 1.70. The van der Waals surface area contributed by atoms with Gasteiger partial charge >= 0.3 is 0 Å². The molecule has 0 bridgehead atoms. The molecule has 0 radical (unpaired) electrons. The summed E-state index contributed by atoms with van der Waals surface area (Å²) in [4.78, 5) is 0. The zero-order valence-corrected chi connectivity index (χ0v) is 10.0. The van der Waals surface area contributed by atoms with E-state index in [2.05, 4.69) is 32.9 Å². The van der Waals surface area contributed by atoms with Gasteiger partial charge in [-0.2, -0.15) is 0 Å². The summed E-state index contributed by atoms with van der Waals surface area (Å²) in [5.74, 6) is 0.588. The molecule has 0 aliphatic carbocycles. The number of rotatable bonds is 5. The van der Waals surface area contributed by atoms with E-state index in [-0.39, 0.29) is 6.10 Å². The highest BCUT2D eigenvalue weighted by Gasteiger charge is 2.11. The number of aliphatic hydroxyl groups excluding tert-OH is 1. The third-order valence-electron chi connectivity index (χ3n) is 3.07. The van der Waals surface area contributed by atoms with E-state index in [1.54, 1.807) is 0 Å². The minimum atomic E-state index is -0.300. The van der Waals surface area contributed by atoms with Gasteiger partial charge in [-0.25, -0.2) is 0 Å². The van der Waals surface area contributed by atoms with Crippen molar-refractivity contribution in [3.05, 3.63) is 35.4 Å². The smallest absolute Gasteiger partial charge is 0.0792 e. The molecule has 1 N–H and O–H groups in total. The molecule has 0 aromatic heterocycles. The van der Waals surface area contributed by atoms with Crippen LogP contribution in [-0.2, 0) is 6.42 Å². The van der Waals surface area contributed by atoms with Gasteiger partial charge < -0.3 is 5.11 Å². The Morgan fingerprint density at radius 1 is 1.27 bits per heavy atom. The van der Waals surface area contributed by atoms with Crippen LogP contribution in [0.4, 0.5) is 0 Å². The highest BCUT2D eigenvalue weighted by molar-refractivity contribution is 5.25. The van der Waals surface area contributed by atoms with Gasteiger partial charge in [-0.3, -0.25) is 0 Å². The molecule has 0 aliphatic rings. The average molecular weight is 206 g/mol. The summed E-state index contributed by atoms with van der Waals surface area (Å²) in [5, 5.41) is 10.0.